The fourth-order valence-electron chi connectivity index (χ4n) is 1.17. The molecule has 0 fully saturated rings. The van der Waals surface area contributed by atoms with Crippen LogP contribution in [0.4, 0.5) is 10.1 Å². The highest BCUT2D eigenvalue weighted by Crippen LogP contribution is 2.24. The Hall–Kier alpha value is -1.64. The van der Waals surface area contributed by atoms with Gasteiger partial charge in [0, 0.05) is 11.3 Å². The van der Waals surface area contributed by atoms with Crippen molar-refractivity contribution in [3.8, 4) is 6.07 Å². The summed E-state index contributed by atoms with van der Waals surface area (Å²) < 4.78 is 13.3. The van der Waals surface area contributed by atoms with Gasteiger partial charge in [-0.3, -0.25) is 0 Å². The smallest absolute Gasteiger partial charge is 0.170 e. The maximum absolute atomic E-state index is 13.3. The SMILES string of the molecule is Cc1cc(F)c(C(O)C(O)C#N)cc1N. The molecule has 0 heterocycles. The lowest BCUT2D eigenvalue weighted by Gasteiger charge is -2.14. The van der Waals surface area contributed by atoms with Crippen LogP contribution in [0.5, 0.6) is 0 Å². The molecule has 0 saturated heterocycles. The van der Waals surface area contributed by atoms with Crippen molar-refractivity contribution in [2.75, 3.05) is 5.73 Å². The number of aliphatic hydroxyl groups is 2. The van der Waals surface area contributed by atoms with Crippen LogP contribution >= 0.6 is 0 Å². The van der Waals surface area contributed by atoms with Gasteiger partial charge >= 0.3 is 0 Å². The minimum absolute atomic E-state index is 0.174. The van der Waals surface area contributed by atoms with Gasteiger partial charge in [0.25, 0.3) is 0 Å². The molecule has 1 rings (SSSR count). The molecule has 4 N–H and O–H groups in total. The van der Waals surface area contributed by atoms with Crippen LogP contribution in [0.15, 0.2) is 12.1 Å². The molecule has 2 unspecified atom stereocenters. The summed E-state index contributed by atoms with van der Waals surface area (Å²) in [5.74, 6) is -0.691. The Morgan fingerprint density at radius 1 is 1.47 bits per heavy atom. The van der Waals surface area contributed by atoms with E-state index in [0.717, 1.165) is 6.07 Å². The number of nitriles is 1. The Bertz CT molecular complexity index is 415. The van der Waals surface area contributed by atoms with Crippen molar-refractivity contribution < 1.29 is 14.6 Å². The maximum atomic E-state index is 13.3. The second-order valence-electron chi connectivity index (χ2n) is 3.25. The summed E-state index contributed by atoms with van der Waals surface area (Å²) in [6, 6.07) is 3.79. The standard InChI is InChI=1S/C10H11FN2O2/c1-5-2-7(11)6(3-8(5)13)10(15)9(14)4-12/h2-3,9-10,14-15H,13H2,1H3. The van der Waals surface area contributed by atoms with Gasteiger partial charge in [-0.1, -0.05) is 0 Å². The molecular formula is C10H11FN2O2. The monoisotopic (exact) mass is 210 g/mol. The maximum Gasteiger partial charge on any atom is 0.170 e. The van der Waals surface area contributed by atoms with Crippen LogP contribution in [0.2, 0.25) is 0 Å². The normalized spacial score (nSPS) is 14.3. The molecule has 4 nitrogen and oxygen atoms in total. The van der Waals surface area contributed by atoms with Crippen molar-refractivity contribution in [3.63, 3.8) is 0 Å². The van der Waals surface area contributed by atoms with Crippen LogP contribution < -0.4 is 5.73 Å². The summed E-state index contributed by atoms with van der Waals surface area (Å²) in [6.07, 6.45) is -3.25. The summed E-state index contributed by atoms with van der Waals surface area (Å²) in [5.41, 5.74) is 6.19. The number of halogens is 1. The van der Waals surface area contributed by atoms with Crippen LogP contribution in [-0.4, -0.2) is 16.3 Å². The van der Waals surface area contributed by atoms with E-state index in [0.29, 0.717) is 11.3 Å². The third-order valence-electron chi connectivity index (χ3n) is 2.14. The van der Waals surface area contributed by atoms with Crippen molar-refractivity contribution in [1.29, 1.82) is 5.26 Å². The second-order valence-corrected chi connectivity index (χ2v) is 3.25. The Labute approximate surface area is 86.4 Å². The first-order valence-corrected chi connectivity index (χ1v) is 4.28. The zero-order valence-corrected chi connectivity index (χ0v) is 8.11. The lowest BCUT2D eigenvalue weighted by molar-refractivity contribution is 0.0503. The average molecular weight is 210 g/mol. The molecule has 0 aliphatic rings. The molecule has 0 aliphatic carbocycles. The van der Waals surface area contributed by atoms with Gasteiger partial charge in [0.15, 0.2) is 6.10 Å². The Balaban J connectivity index is 3.16. The van der Waals surface area contributed by atoms with Crippen LogP contribution in [-0.2, 0) is 0 Å². The van der Waals surface area contributed by atoms with Crippen molar-refractivity contribution in [3.05, 3.63) is 29.1 Å². The fourth-order valence-corrected chi connectivity index (χ4v) is 1.17. The van der Waals surface area contributed by atoms with Gasteiger partial charge in [0.2, 0.25) is 0 Å². The Morgan fingerprint density at radius 3 is 2.60 bits per heavy atom. The van der Waals surface area contributed by atoms with E-state index in [9.17, 15) is 9.50 Å². The largest absolute Gasteiger partial charge is 0.399 e. The van der Waals surface area contributed by atoms with Crippen LogP contribution in [0.1, 0.15) is 17.2 Å². The quantitative estimate of drug-likeness (QED) is 0.493. The number of anilines is 1. The summed E-state index contributed by atoms with van der Waals surface area (Å²) in [7, 11) is 0. The molecule has 5 heteroatoms. The van der Waals surface area contributed by atoms with Gasteiger partial charge in [-0.05, 0) is 24.6 Å². The average Bonchev–Trinajstić information content (AvgIpc) is 2.21. The number of aryl methyl sites for hydroxylation is 1. The molecule has 15 heavy (non-hydrogen) atoms. The summed E-state index contributed by atoms with van der Waals surface area (Å²) in [4.78, 5) is 0. The van der Waals surface area contributed by atoms with Gasteiger partial charge in [-0.15, -0.1) is 0 Å². The Morgan fingerprint density at radius 2 is 2.07 bits per heavy atom. The number of benzene rings is 1. The van der Waals surface area contributed by atoms with Crippen molar-refractivity contribution in [2.45, 2.75) is 19.1 Å². The summed E-state index contributed by atoms with van der Waals surface area (Å²) >= 11 is 0. The third kappa shape index (κ3) is 2.24. The molecule has 0 radical (unpaired) electrons. The lowest BCUT2D eigenvalue weighted by Crippen LogP contribution is -2.17. The minimum atomic E-state index is -1.67. The Kier molecular flexibility index (Phi) is 3.24. The molecule has 0 aromatic heterocycles. The molecule has 80 valence electrons. The van der Waals surface area contributed by atoms with E-state index in [4.69, 9.17) is 16.1 Å². The second kappa shape index (κ2) is 4.26. The van der Waals surface area contributed by atoms with E-state index in [2.05, 4.69) is 0 Å². The molecule has 0 amide bonds. The predicted molar refractivity (Wildman–Crippen MR) is 52.1 cm³/mol. The number of nitrogens with zero attached hydrogens (tertiary/aromatic N) is 1. The van der Waals surface area contributed by atoms with Crippen LogP contribution in [0.25, 0.3) is 0 Å². The fraction of sp³-hybridized carbons (Fsp3) is 0.300. The zero-order valence-electron chi connectivity index (χ0n) is 8.11. The number of nitrogens with two attached hydrogens (primary N) is 1. The van der Waals surface area contributed by atoms with E-state index in [1.165, 1.54) is 12.1 Å². The molecule has 0 saturated carbocycles. The highest BCUT2D eigenvalue weighted by atomic mass is 19.1. The molecule has 1 aromatic rings. The minimum Gasteiger partial charge on any atom is -0.399 e. The zero-order chi connectivity index (χ0) is 11.6. The number of nitrogen functional groups attached to an aromatic ring is 1. The van der Waals surface area contributed by atoms with Gasteiger partial charge in [-0.2, -0.15) is 5.26 Å². The van der Waals surface area contributed by atoms with E-state index in [1.807, 2.05) is 0 Å². The highest BCUT2D eigenvalue weighted by Gasteiger charge is 2.21. The van der Waals surface area contributed by atoms with Gasteiger partial charge in [-0.25, -0.2) is 4.39 Å². The summed E-state index contributed by atoms with van der Waals surface area (Å²) in [6.45, 7) is 1.62. The number of hydrogen-bond donors (Lipinski definition) is 3. The van der Waals surface area contributed by atoms with Crippen molar-refractivity contribution in [1.82, 2.24) is 0 Å². The highest BCUT2D eigenvalue weighted by molar-refractivity contribution is 5.49. The first-order valence-electron chi connectivity index (χ1n) is 4.28. The first-order chi connectivity index (χ1) is 6.97. The van der Waals surface area contributed by atoms with E-state index < -0.39 is 18.0 Å². The van der Waals surface area contributed by atoms with E-state index in [1.54, 1.807) is 6.92 Å². The topological polar surface area (TPSA) is 90.3 Å². The molecule has 0 bridgehead atoms. The number of hydrogen-bond acceptors (Lipinski definition) is 4. The first kappa shape index (κ1) is 11.4. The lowest BCUT2D eigenvalue weighted by atomic mass is 10.0. The van der Waals surface area contributed by atoms with Gasteiger partial charge < -0.3 is 15.9 Å². The number of aliphatic hydroxyl groups excluding tert-OH is 2. The molecular weight excluding hydrogens is 199 g/mol. The van der Waals surface area contributed by atoms with Crippen molar-refractivity contribution in [2.24, 2.45) is 0 Å². The molecule has 1 aromatic carbocycles. The molecule has 2 atom stereocenters. The van der Waals surface area contributed by atoms with Gasteiger partial charge in [0.1, 0.15) is 11.9 Å². The summed E-state index contributed by atoms with van der Waals surface area (Å²) in [5, 5.41) is 26.8. The molecule has 0 spiro atoms. The van der Waals surface area contributed by atoms with Crippen LogP contribution in [0.3, 0.4) is 0 Å². The number of rotatable bonds is 2. The molecule has 0 aliphatic heterocycles. The van der Waals surface area contributed by atoms with E-state index in [-0.39, 0.29) is 5.56 Å². The van der Waals surface area contributed by atoms with Gasteiger partial charge in [0.05, 0.1) is 6.07 Å². The van der Waals surface area contributed by atoms with Crippen molar-refractivity contribution >= 4 is 5.69 Å². The van der Waals surface area contributed by atoms with E-state index >= 15 is 0 Å². The third-order valence-corrected chi connectivity index (χ3v) is 2.14. The van der Waals surface area contributed by atoms with Crippen LogP contribution in [0, 0.1) is 24.1 Å². The predicted octanol–water partition coefficient (Wildman–Crippen LogP) is 0.634.